The molecule has 108 valence electrons. The van der Waals surface area contributed by atoms with Gasteiger partial charge < -0.3 is 9.47 Å². The van der Waals surface area contributed by atoms with Gasteiger partial charge in [0, 0.05) is 24.4 Å². The smallest absolute Gasteiger partial charge is 0.148 e. The Hall–Kier alpha value is -2.52. The van der Waals surface area contributed by atoms with E-state index in [2.05, 4.69) is 9.97 Å². The molecule has 0 atom stereocenters. The first-order valence-electron chi connectivity index (χ1n) is 6.30. The van der Waals surface area contributed by atoms with Crippen LogP contribution in [0.4, 0.5) is 4.39 Å². The van der Waals surface area contributed by atoms with E-state index >= 15 is 0 Å². The van der Waals surface area contributed by atoms with Crippen LogP contribution < -0.4 is 4.74 Å². The number of aromatic nitrogens is 2. The van der Waals surface area contributed by atoms with Crippen molar-refractivity contribution in [1.82, 2.24) is 9.97 Å². The summed E-state index contributed by atoms with van der Waals surface area (Å²) in [5.41, 5.74) is 1.92. The van der Waals surface area contributed by atoms with E-state index in [1.807, 2.05) is 6.07 Å². The molecule has 0 spiro atoms. The first-order chi connectivity index (χ1) is 10.2. The van der Waals surface area contributed by atoms with Crippen molar-refractivity contribution in [1.29, 1.82) is 5.26 Å². The molecule has 0 radical (unpaired) electrons. The molecule has 6 heteroatoms. The highest BCUT2D eigenvalue weighted by molar-refractivity contribution is 5.71. The fraction of sp³-hybridized carbons (Fsp3) is 0.267. The molecule has 0 aromatic carbocycles. The number of aryl methyl sites for hydroxylation is 1. The number of ether oxygens (including phenoxy) is 2. The zero-order valence-electron chi connectivity index (χ0n) is 11.8. The molecule has 0 bridgehead atoms. The van der Waals surface area contributed by atoms with E-state index in [9.17, 15) is 4.39 Å². The zero-order valence-corrected chi connectivity index (χ0v) is 11.8. The first kappa shape index (κ1) is 14.9. The minimum Gasteiger partial charge on any atom is -0.489 e. The highest BCUT2D eigenvalue weighted by atomic mass is 19.1. The lowest BCUT2D eigenvalue weighted by atomic mass is 10.1. The third kappa shape index (κ3) is 3.52. The van der Waals surface area contributed by atoms with Crippen molar-refractivity contribution in [2.45, 2.75) is 6.92 Å². The predicted molar refractivity (Wildman–Crippen MR) is 74.2 cm³/mol. The summed E-state index contributed by atoms with van der Waals surface area (Å²) in [4.78, 5) is 7.96. The standard InChI is InChI=1S/C15H14FN3O2/c1-10-15(21-4-3-20-2)14(6-13(7-17)19-10)11-5-12(16)9-18-8-11/h5-6,8-9H,3-4H2,1-2H3. The van der Waals surface area contributed by atoms with Crippen molar-refractivity contribution in [2.75, 3.05) is 20.3 Å². The van der Waals surface area contributed by atoms with Crippen LogP contribution >= 0.6 is 0 Å². The highest BCUT2D eigenvalue weighted by Gasteiger charge is 2.14. The van der Waals surface area contributed by atoms with Crippen molar-refractivity contribution >= 4 is 0 Å². The van der Waals surface area contributed by atoms with Crippen LogP contribution in [0, 0.1) is 24.1 Å². The molecular formula is C15H14FN3O2. The minimum absolute atomic E-state index is 0.242. The van der Waals surface area contributed by atoms with Gasteiger partial charge in [-0.1, -0.05) is 0 Å². The van der Waals surface area contributed by atoms with Crippen molar-refractivity contribution in [3.05, 3.63) is 41.7 Å². The molecule has 5 nitrogen and oxygen atoms in total. The van der Waals surface area contributed by atoms with Gasteiger partial charge in [-0.2, -0.15) is 5.26 Å². The molecule has 2 rings (SSSR count). The largest absolute Gasteiger partial charge is 0.489 e. The van der Waals surface area contributed by atoms with E-state index in [1.54, 1.807) is 20.1 Å². The number of hydrogen-bond donors (Lipinski definition) is 0. The lowest BCUT2D eigenvalue weighted by Gasteiger charge is -2.14. The van der Waals surface area contributed by atoms with Crippen LogP contribution in [0.1, 0.15) is 11.4 Å². The topological polar surface area (TPSA) is 68.0 Å². The maximum Gasteiger partial charge on any atom is 0.148 e. The van der Waals surface area contributed by atoms with Crippen LogP contribution in [0.15, 0.2) is 24.5 Å². The molecule has 0 saturated carbocycles. The fourth-order valence-electron chi connectivity index (χ4n) is 1.90. The monoisotopic (exact) mass is 287 g/mol. The third-order valence-corrected chi connectivity index (χ3v) is 2.81. The summed E-state index contributed by atoms with van der Waals surface area (Å²) in [7, 11) is 1.57. The number of nitriles is 1. The second-order valence-electron chi connectivity index (χ2n) is 4.31. The summed E-state index contributed by atoms with van der Waals surface area (Å²) in [5.74, 6) is 0.0433. The van der Waals surface area contributed by atoms with E-state index in [-0.39, 0.29) is 5.69 Å². The summed E-state index contributed by atoms with van der Waals surface area (Å²) in [5, 5.41) is 9.03. The summed E-state index contributed by atoms with van der Waals surface area (Å²) in [6.07, 6.45) is 2.64. The van der Waals surface area contributed by atoms with Gasteiger partial charge in [0.1, 0.15) is 29.9 Å². The highest BCUT2D eigenvalue weighted by Crippen LogP contribution is 2.32. The van der Waals surface area contributed by atoms with Gasteiger partial charge in [0.25, 0.3) is 0 Å². The minimum atomic E-state index is -0.455. The van der Waals surface area contributed by atoms with E-state index in [0.29, 0.717) is 35.8 Å². The van der Waals surface area contributed by atoms with Crippen LogP contribution in [0.2, 0.25) is 0 Å². The van der Waals surface area contributed by atoms with Crippen LogP contribution in [0.5, 0.6) is 5.75 Å². The summed E-state index contributed by atoms with van der Waals surface area (Å²) < 4.78 is 24.0. The molecule has 21 heavy (non-hydrogen) atoms. The SMILES string of the molecule is COCCOc1c(-c2cncc(F)c2)cc(C#N)nc1C. The number of pyridine rings is 2. The second kappa shape index (κ2) is 6.77. The van der Waals surface area contributed by atoms with Crippen molar-refractivity contribution < 1.29 is 13.9 Å². The predicted octanol–water partition coefficient (Wildman–Crippen LogP) is 2.49. The normalized spacial score (nSPS) is 10.2. The quantitative estimate of drug-likeness (QED) is 0.790. The average molecular weight is 287 g/mol. The van der Waals surface area contributed by atoms with Gasteiger partial charge in [0.05, 0.1) is 18.5 Å². The molecule has 2 aromatic heterocycles. The van der Waals surface area contributed by atoms with Crippen LogP contribution in [0.3, 0.4) is 0 Å². The van der Waals surface area contributed by atoms with Gasteiger partial charge in [-0.05, 0) is 19.1 Å². The first-order valence-corrected chi connectivity index (χ1v) is 6.30. The van der Waals surface area contributed by atoms with Gasteiger partial charge in [-0.25, -0.2) is 9.37 Å². The van der Waals surface area contributed by atoms with Crippen molar-refractivity contribution in [3.63, 3.8) is 0 Å². The van der Waals surface area contributed by atoms with Crippen LogP contribution in [-0.2, 0) is 4.74 Å². The lowest BCUT2D eigenvalue weighted by Crippen LogP contribution is -2.07. The maximum atomic E-state index is 13.4. The van der Waals surface area contributed by atoms with Crippen LogP contribution in [0.25, 0.3) is 11.1 Å². The van der Waals surface area contributed by atoms with Crippen molar-refractivity contribution in [3.8, 4) is 22.9 Å². The Morgan fingerprint density at radius 1 is 1.29 bits per heavy atom. The number of nitrogens with zero attached hydrogens (tertiary/aromatic N) is 3. The number of methoxy groups -OCH3 is 1. The van der Waals surface area contributed by atoms with E-state index in [0.717, 1.165) is 6.20 Å². The van der Waals surface area contributed by atoms with Gasteiger partial charge in [-0.3, -0.25) is 4.98 Å². The van der Waals surface area contributed by atoms with Crippen LogP contribution in [-0.4, -0.2) is 30.3 Å². The Morgan fingerprint density at radius 3 is 2.76 bits per heavy atom. The van der Waals surface area contributed by atoms with Gasteiger partial charge in [-0.15, -0.1) is 0 Å². The molecular weight excluding hydrogens is 273 g/mol. The number of hydrogen-bond acceptors (Lipinski definition) is 5. The maximum absolute atomic E-state index is 13.4. The summed E-state index contributed by atoms with van der Waals surface area (Å²) in [6.45, 7) is 2.49. The van der Waals surface area contributed by atoms with Gasteiger partial charge in [0.2, 0.25) is 0 Å². The molecule has 0 N–H and O–H groups in total. The Morgan fingerprint density at radius 2 is 2.10 bits per heavy atom. The molecule has 0 saturated heterocycles. The Kier molecular flexibility index (Phi) is 4.80. The molecule has 0 aliphatic carbocycles. The zero-order chi connectivity index (χ0) is 15.2. The number of halogens is 1. The molecule has 0 fully saturated rings. The fourth-order valence-corrected chi connectivity index (χ4v) is 1.90. The summed E-state index contributed by atoms with van der Waals surface area (Å²) >= 11 is 0. The lowest BCUT2D eigenvalue weighted by molar-refractivity contribution is 0.146. The van der Waals surface area contributed by atoms with E-state index < -0.39 is 5.82 Å². The average Bonchev–Trinajstić information content (AvgIpc) is 2.48. The molecule has 0 amide bonds. The molecule has 2 aromatic rings. The van der Waals surface area contributed by atoms with Gasteiger partial charge >= 0.3 is 0 Å². The second-order valence-corrected chi connectivity index (χ2v) is 4.31. The Balaban J connectivity index is 2.50. The third-order valence-electron chi connectivity index (χ3n) is 2.81. The van der Waals surface area contributed by atoms with Crippen molar-refractivity contribution in [2.24, 2.45) is 0 Å². The number of rotatable bonds is 5. The molecule has 0 aliphatic rings. The molecule has 0 unspecified atom stereocenters. The molecule has 0 aliphatic heterocycles. The van der Waals surface area contributed by atoms with E-state index in [1.165, 1.54) is 12.3 Å². The van der Waals surface area contributed by atoms with Gasteiger partial charge in [0.15, 0.2) is 0 Å². The summed E-state index contributed by atoms with van der Waals surface area (Å²) in [6, 6.07) is 4.88. The Bertz CT molecular complexity index is 683. The molecule has 2 heterocycles. The van der Waals surface area contributed by atoms with E-state index in [4.69, 9.17) is 14.7 Å². The Labute approximate surface area is 122 Å².